The highest BCUT2D eigenvalue weighted by molar-refractivity contribution is 6.04. The predicted octanol–water partition coefficient (Wildman–Crippen LogP) is 4.72. The fraction of sp³-hybridized carbons (Fsp3) is 0.417. The van der Waals surface area contributed by atoms with Gasteiger partial charge >= 0.3 is 0 Å². The van der Waals surface area contributed by atoms with Crippen LogP contribution in [0.25, 0.3) is 0 Å². The zero-order valence-electron chi connectivity index (χ0n) is 17.7. The van der Waals surface area contributed by atoms with Gasteiger partial charge in [-0.05, 0) is 82.9 Å². The van der Waals surface area contributed by atoms with Crippen LogP contribution in [0.1, 0.15) is 54.6 Å². The number of amides is 2. The van der Waals surface area contributed by atoms with E-state index in [0.717, 1.165) is 29.7 Å². The second-order valence-corrected chi connectivity index (χ2v) is 8.02. The lowest BCUT2D eigenvalue weighted by Crippen LogP contribution is -2.49. The van der Waals surface area contributed by atoms with Crippen molar-refractivity contribution < 1.29 is 14.3 Å². The van der Waals surface area contributed by atoms with Gasteiger partial charge in [-0.1, -0.05) is 17.7 Å². The van der Waals surface area contributed by atoms with Gasteiger partial charge in [0, 0.05) is 23.3 Å². The lowest BCUT2D eigenvalue weighted by molar-refractivity contribution is -0.139. The molecule has 1 fully saturated rings. The van der Waals surface area contributed by atoms with Gasteiger partial charge in [0.2, 0.25) is 0 Å². The molecule has 0 aliphatic carbocycles. The average Bonchev–Trinajstić information content (AvgIpc) is 2.68. The number of nitrogens with one attached hydrogen (secondary N) is 1. The van der Waals surface area contributed by atoms with Gasteiger partial charge in [-0.25, -0.2) is 0 Å². The van der Waals surface area contributed by atoms with E-state index in [1.165, 1.54) is 6.42 Å². The normalized spacial score (nSPS) is 19.0. The molecular formula is C24H30N2O3. The van der Waals surface area contributed by atoms with Crippen LogP contribution in [0.15, 0.2) is 42.5 Å². The van der Waals surface area contributed by atoms with Gasteiger partial charge in [0.1, 0.15) is 5.75 Å². The third-order valence-electron chi connectivity index (χ3n) is 5.59. The van der Waals surface area contributed by atoms with Gasteiger partial charge in [0.25, 0.3) is 11.8 Å². The fourth-order valence-corrected chi connectivity index (χ4v) is 3.98. The molecule has 0 spiro atoms. The van der Waals surface area contributed by atoms with Crippen molar-refractivity contribution in [3.05, 3.63) is 59.2 Å². The van der Waals surface area contributed by atoms with Gasteiger partial charge in [0.05, 0.1) is 0 Å². The van der Waals surface area contributed by atoms with E-state index in [9.17, 15) is 9.59 Å². The molecule has 2 aromatic rings. The first-order chi connectivity index (χ1) is 13.8. The molecule has 2 amide bonds. The summed E-state index contributed by atoms with van der Waals surface area (Å²) in [5.74, 6) is 0.427. The van der Waals surface area contributed by atoms with Gasteiger partial charge in [0.15, 0.2) is 6.61 Å². The molecule has 5 heteroatoms. The summed E-state index contributed by atoms with van der Waals surface area (Å²) in [5, 5.41) is 2.94. The maximum atomic E-state index is 12.6. The molecule has 1 aliphatic heterocycles. The van der Waals surface area contributed by atoms with Crippen LogP contribution in [0.3, 0.4) is 0 Å². The first-order valence-electron chi connectivity index (χ1n) is 10.3. The molecule has 2 unspecified atom stereocenters. The smallest absolute Gasteiger partial charge is 0.260 e. The number of hydrogen-bond donors (Lipinski definition) is 1. The number of benzene rings is 2. The maximum Gasteiger partial charge on any atom is 0.260 e. The van der Waals surface area contributed by atoms with E-state index >= 15 is 0 Å². The number of carbonyl (C=O) groups is 2. The minimum Gasteiger partial charge on any atom is -0.484 e. The van der Waals surface area contributed by atoms with Crippen LogP contribution in [-0.4, -0.2) is 35.4 Å². The zero-order chi connectivity index (χ0) is 21.0. The predicted molar refractivity (Wildman–Crippen MR) is 115 cm³/mol. The first-order valence-corrected chi connectivity index (χ1v) is 10.3. The van der Waals surface area contributed by atoms with E-state index in [1.54, 1.807) is 24.3 Å². The SMILES string of the molecule is Cc1ccc(NC(=O)c2ccc(OCC(=O)N3C(C)CCCC3C)cc2)c(C)c1. The number of hydrogen-bond acceptors (Lipinski definition) is 3. The van der Waals surface area contributed by atoms with Crippen LogP contribution in [0.5, 0.6) is 5.75 Å². The number of aryl methyl sites for hydroxylation is 2. The largest absolute Gasteiger partial charge is 0.484 e. The van der Waals surface area contributed by atoms with Crippen molar-refractivity contribution in [3.63, 3.8) is 0 Å². The van der Waals surface area contributed by atoms with E-state index < -0.39 is 0 Å². The van der Waals surface area contributed by atoms with Crippen molar-refractivity contribution in [1.82, 2.24) is 4.90 Å². The monoisotopic (exact) mass is 394 g/mol. The Kier molecular flexibility index (Phi) is 6.57. The van der Waals surface area contributed by atoms with Crippen LogP contribution in [0, 0.1) is 13.8 Å². The number of carbonyl (C=O) groups excluding carboxylic acids is 2. The Balaban J connectivity index is 1.57. The Morgan fingerprint density at radius 1 is 1.03 bits per heavy atom. The van der Waals surface area contributed by atoms with Crippen molar-refractivity contribution in [3.8, 4) is 5.75 Å². The third kappa shape index (κ3) is 5.17. The van der Waals surface area contributed by atoms with Crippen molar-refractivity contribution in [2.75, 3.05) is 11.9 Å². The quantitative estimate of drug-likeness (QED) is 0.798. The number of piperidine rings is 1. The van der Waals surface area contributed by atoms with E-state index in [0.29, 0.717) is 11.3 Å². The van der Waals surface area contributed by atoms with Gasteiger partial charge in [-0.2, -0.15) is 0 Å². The van der Waals surface area contributed by atoms with Gasteiger partial charge in [-0.3, -0.25) is 9.59 Å². The molecule has 1 heterocycles. The Labute approximate surface area is 173 Å². The Morgan fingerprint density at radius 2 is 1.69 bits per heavy atom. The maximum absolute atomic E-state index is 12.6. The number of rotatable bonds is 5. The second-order valence-electron chi connectivity index (χ2n) is 8.02. The molecule has 0 saturated carbocycles. The van der Waals surface area contributed by atoms with Gasteiger partial charge < -0.3 is 15.0 Å². The van der Waals surface area contributed by atoms with Crippen molar-refractivity contribution >= 4 is 17.5 Å². The first kappa shape index (κ1) is 20.9. The third-order valence-corrected chi connectivity index (χ3v) is 5.59. The highest BCUT2D eigenvalue weighted by Crippen LogP contribution is 2.23. The molecule has 3 rings (SSSR count). The highest BCUT2D eigenvalue weighted by atomic mass is 16.5. The highest BCUT2D eigenvalue weighted by Gasteiger charge is 2.28. The summed E-state index contributed by atoms with van der Waals surface area (Å²) in [7, 11) is 0. The van der Waals surface area contributed by atoms with Gasteiger partial charge in [-0.15, -0.1) is 0 Å². The number of ether oxygens (including phenoxy) is 1. The summed E-state index contributed by atoms with van der Waals surface area (Å²) in [6.07, 6.45) is 3.25. The molecule has 2 aromatic carbocycles. The summed E-state index contributed by atoms with van der Waals surface area (Å²) in [4.78, 5) is 27.0. The Bertz CT molecular complexity index is 866. The molecule has 0 radical (unpaired) electrons. The molecule has 154 valence electrons. The zero-order valence-corrected chi connectivity index (χ0v) is 17.7. The number of likely N-dealkylation sites (tertiary alicyclic amines) is 1. The van der Waals surface area contributed by atoms with Crippen molar-refractivity contribution in [2.24, 2.45) is 0 Å². The molecule has 0 aromatic heterocycles. The average molecular weight is 395 g/mol. The van der Waals surface area contributed by atoms with E-state index in [1.807, 2.05) is 36.9 Å². The molecule has 2 atom stereocenters. The minimum atomic E-state index is -0.171. The minimum absolute atomic E-state index is 0.0152. The second kappa shape index (κ2) is 9.12. The lowest BCUT2D eigenvalue weighted by atomic mass is 9.97. The fourth-order valence-electron chi connectivity index (χ4n) is 3.98. The van der Waals surface area contributed by atoms with Crippen LogP contribution >= 0.6 is 0 Å². The van der Waals surface area contributed by atoms with Crippen LogP contribution in [0.2, 0.25) is 0 Å². The molecular weight excluding hydrogens is 364 g/mol. The van der Waals surface area contributed by atoms with Crippen LogP contribution in [0.4, 0.5) is 5.69 Å². The molecule has 0 bridgehead atoms. The summed E-state index contributed by atoms with van der Waals surface area (Å²) in [6.45, 7) is 8.20. The molecule has 5 nitrogen and oxygen atoms in total. The number of nitrogens with zero attached hydrogens (tertiary/aromatic N) is 1. The van der Waals surface area contributed by atoms with Crippen molar-refractivity contribution in [1.29, 1.82) is 0 Å². The summed E-state index contributed by atoms with van der Waals surface area (Å²) in [6, 6.07) is 13.3. The van der Waals surface area contributed by atoms with Crippen molar-refractivity contribution in [2.45, 2.75) is 59.0 Å². The van der Waals surface area contributed by atoms with Crippen LogP contribution < -0.4 is 10.1 Å². The summed E-state index contributed by atoms with van der Waals surface area (Å²) >= 11 is 0. The Hall–Kier alpha value is -2.82. The molecule has 1 N–H and O–H groups in total. The topological polar surface area (TPSA) is 58.6 Å². The van der Waals surface area contributed by atoms with E-state index in [-0.39, 0.29) is 30.5 Å². The number of anilines is 1. The lowest BCUT2D eigenvalue weighted by Gasteiger charge is -2.38. The van der Waals surface area contributed by atoms with E-state index in [4.69, 9.17) is 4.74 Å². The standard InChI is InChI=1S/C24H30N2O3/c1-16-8-13-22(17(2)14-16)25-24(28)20-9-11-21(12-10-20)29-15-23(27)26-18(3)6-5-7-19(26)4/h8-14,18-19H,5-7,15H2,1-4H3,(H,25,28). The summed E-state index contributed by atoms with van der Waals surface area (Å²) < 4.78 is 5.68. The Morgan fingerprint density at radius 3 is 2.31 bits per heavy atom. The van der Waals surface area contributed by atoms with Crippen LogP contribution in [-0.2, 0) is 4.79 Å². The summed E-state index contributed by atoms with van der Waals surface area (Å²) in [5.41, 5.74) is 3.53. The van der Waals surface area contributed by atoms with E-state index in [2.05, 4.69) is 19.2 Å². The molecule has 1 aliphatic rings. The molecule has 29 heavy (non-hydrogen) atoms. The molecule has 1 saturated heterocycles.